The van der Waals surface area contributed by atoms with Crippen molar-refractivity contribution in [2.45, 2.75) is 32.2 Å². The fourth-order valence-corrected chi connectivity index (χ4v) is 4.43. The Morgan fingerprint density at radius 3 is 2.42 bits per heavy atom. The van der Waals surface area contributed by atoms with Gasteiger partial charge in [-0.15, -0.1) is 0 Å². The molecule has 0 aliphatic carbocycles. The molecule has 26 heavy (non-hydrogen) atoms. The van der Waals surface area contributed by atoms with Crippen molar-refractivity contribution in [1.82, 2.24) is 23.9 Å². The molecule has 0 saturated carbocycles. The first-order valence-corrected chi connectivity index (χ1v) is 9.88. The minimum absolute atomic E-state index is 0.301. The quantitative estimate of drug-likeness (QED) is 0.665. The normalized spacial score (nSPS) is 12.0. The average molecular weight is 373 g/mol. The predicted octanol–water partition coefficient (Wildman–Crippen LogP) is 2.37. The van der Waals surface area contributed by atoms with Crippen LogP contribution in [-0.2, 0) is 16.6 Å². The zero-order valence-corrected chi connectivity index (χ0v) is 16.2. The van der Waals surface area contributed by atoms with Crippen LogP contribution < -0.4 is 0 Å². The summed E-state index contributed by atoms with van der Waals surface area (Å²) in [5.74, 6) is 0. The van der Waals surface area contributed by atoms with Gasteiger partial charge in [-0.05, 0) is 37.6 Å². The Balaban J connectivity index is 1.89. The van der Waals surface area contributed by atoms with Gasteiger partial charge in [-0.25, -0.2) is 17.4 Å². The number of aryl methyl sites for hydroxylation is 1. The van der Waals surface area contributed by atoms with Gasteiger partial charge in [0.05, 0.1) is 23.6 Å². The lowest BCUT2D eigenvalue weighted by Gasteiger charge is -2.15. The highest BCUT2D eigenvalue weighted by Crippen LogP contribution is 2.23. The summed E-state index contributed by atoms with van der Waals surface area (Å²) in [5, 5.41) is 8.66. The molecule has 0 N–H and O–H groups in total. The molecule has 0 amide bonds. The fourth-order valence-electron chi connectivity index (χ4n) is 2.88. The standard InChI is InChI=1S/C18H23N5O2S/c1-5-21(4)26(24,25)18-14(2)20-23(15(18)3)13-16-7-9-17(10-8-16)22-12-6-11-19-22/h6-12H,5,13H2,1-4H3. The summed E-state index contributed by atoms with van der Waals surface area (Å²) in [6.45, 7) is 6.28. The van der Waals surface area contributed by atoms with Gasteiger partial charge in [0.2, 0.25) is 10.0 Å². The van der Waals surface area contributed by atoms with E-state index in [1.807, 2.05) is 43.5 Å². The van der Waals surface area contributed by atoms with Crippen LogP contribution in [0, 0.1) is 13.8 Å². The number of hydrogen-bond donors (Lipinski definition) is 0. The second-order valence-corrected chi connectivity index (χ2v) is 8.18. The molecular weight excluding hydrogens is 350 g/mol. The molecule has 7 nitrogen and oxygen atoms in total. The van der Waals surface area contributed by atoms with Crippen molar-refractivity contribution < 1.29 is 8.42 Å². The number of hydrogen-bond acceptors (Lipinski definition) is 4. The molecular formula is C18H23N5O2S. The maximum Gasteiger partial charge on any atom is 0.246 e. The highest BCUT2D eigenvalue weighted by atomic mass is 32.2. The van der Waals surface area contributed by atoms with E-state index in [0.717, 1.165) is 11.3 Å². The lowest BCUT2D eigenvalue weighted by atomic mass is 10.2. The molecule has 2 heterocycles. The van der Waals surface area contributed by atoms with Crippen LogP contribution in [-0.4, -0.2) is 45.9 Å². The van der Waals surface area contributed by atoms with Crippen LogP contribution in [0.1, 0.15) is 23.9 Å². The van der Waals surface area contributed by atoms with Crippen LogP contribution in [0.4, 0.5) is 0 Å². The maximum atomic E-state index is 12.7. The van der Waals surface area contributed by atoms with Gasteiger partial charge in [0.15, 0.2) is 0 Å². The Labute approximate surface area is 153 Å². The van der Waals surface area contributed by atoms with E-state index in [9.17, 15) is 8.42 Å². The molecule has 0 bridgehead atoms. The SMILES string of the molecule is CCN(C)S(=O)(=O)c1c(C)nn(Cc2ccc(-n3cccn3)cc2)c1C. The summed E-state index contributed by atoms with van der Waals surface area (Å²) < 4.78 is 30.3. The molecule has 0 saturated heterocycles. The molecule has 0 aliphatic rings. The predicted molar refractivity (Wildman–Crippen MR) is 99.9 cm³/mol. The van der Waals surface area contributed by atoms with Crippen molar-refractivity contribution in [3.63, 3.8) is 0 Å². The Bertz CT molecular complexity index is 989. The number of rotatable bonds is 6. The van der Waals surface area contributed by atoms with Crippen molar-refractivity contribution >= 4 is 10.0 Å². The summed E-state index contributed by atoms with van der Waals surface area (Å²) in [6.07, 6.45) is 3.62. The highest BCUT2D eigenvalue weighted by molar-refractivity contribution is 7.89. The topological polar surface area (TPSA) is 73.0 Å². The zero-order chi connectivity index (χ0) is 18.9. The molecule has 0 atom stereocenters. The van der Waals surface area contributed by atoms with Crippen molar-refractivity contribution in [1.29, 1.82) is 0 Å². The number of sulfonamides is 1. The van der Waals surface area contributed by atoms with Crippen LogP contribution >= 0.6 is 0 Å². The molecule has 0 fully saturated rings. The van der Waals surface area contributed by atoms with Crippen molar-refractivity contribution in [3.05, 3.63) is 59.7 Å². The minimum atomic E-state index is -3.52. The Kier molecular flexibility index (Phi) is 4.97. The highest BCUT2D eigenvalue weighted by Gasteiger charge is 2.27. The second kappa shape index (κ2) is 7.05. The summed E-state index contributed by atoms with van der Waals surface area (Å²) >= 11 is 0. The third-order valence-electron chi connectivity index (χ3n) is 4.47. The Morgan fingerprint density at radius 2 is 1.85 bits per heavy atom. The smallest absolute Gasteiger partial charge is 0.246 e. The number of benzene rings is 1. The summed E-state index contributed by atoms with van der Waals surface area (Å²) in [5.41, 5.74) is 3.19. The fraction of sp³-hybridized carbons (Fsp3) is 0.333. The number of aromatic nitrogens is 4. The molecule has 3 aromatic rings. The van der Waals surface area contributed by atoms with E-state index in [0.29, 0.717) is 29.4 Å². The number of nitrogens with zero attached hydrogens (tertiary/aromatic N) is 5. The van der Waals surface area contributed by atoms with Gasteiger partial charge in [-0.2, -0.15) is 10.2 Å². The van der Waals surface area contributed by atoms with E-state index in [4.69, 9.17) is 0 Å². The third kappa shape index (κ3) is 3.30. The van der Waals surface area contributed by atoms with Crippen molar-refractivity contribution in [2.75, 3.05) is 13.6 Å². The lowest BCUT2D eigenvalue weighted by Crippen LogP contribution is -2.27. The zero-order valence-electron chi connectivity index (χ0n) is 15.4. The van der Waals surface area contributed by atoms with Crippen LogP contribution in [0.15, 0.2) is 47.6 Å². The van der Waals surface area contributed by atoms with Gasteiger partial charge in [-0.1, -0.05) is 19.1 Å². The van der Waals surface area contributed by atoms with Gasteiger partial charge in [0.1, 0.15) is 4.90 Å². The first-order chi connectivity index (χ1) is 12.3. The molecule has 3 rings (SSSR count). The summed E-state index contributed by atoms with van der Waals surface area (Å²) in [7, 11) is -1.94. The lowest BCUT2D eigenvalue weighted by molar-refractivity contribution is 0.485. The Hall–Kier alpha value is -2.45. The maximum absolute atomic E-state index is 12.7. The van der Waals surface area contributed by atoms with E-state index in [2.05, 4.69) is 10.2 Å². The van der Waals surface area contributed by atoms with E-state index in [1.165, 1.54) is 4.31 Å². The van der Waals surface area contributed by atoms with E-state index < -0.39 is 10.0 Å². The Morgan fingerprint density at radius 1 is 1.15 bits per heavy atom. The second-order valence-electron chi connectivity index (χ2n) is 6.19. The van der Waals surface area contributed by atoms with Crippen LogP contribution in [0.25, 0.3) is 5.69 Å². The minimum Gasteiger partial charge on any atom is -0.264 e. The average Bonchev–Trinajstić information content (AvgIpc) is 3.24. The van der Waals surface area contributed by atoms with Crippen LogP contribution in [0.2, 0.25) is 0 Å². The molecule has 0 unspecified atom stereocenters. The van der Waals surface area contributed by atoms with E-state index in [-0.39, 0.29) is 0 Å². The molecule has 0 radical (unpaired) electrons. The first-order valence-electron chi connectivity index (χ1n) is 8.44. The van der Waals surface area contributed by atoms with Crippen LogP contribution in [0.5, 0.6) is 0 Å². The monoisotopic (exact) mass is 373 g/mol. The van der Waals surface area contributed by atoms with Gasteiger partial charge in [0, 0.05) is 26.0 Å². The molecule has 1 aromatic carbocycles. The largest absolute Gasteiger partial charge is 0.264 e. The van der Waals surface area contributed by atoms with Crippen molar-refractivity contribution in [2.24, 2.45) is 0 Å². The van der Waals surface area contributed by atoms with Gasteiger partial charge in [0.25, 0.3) is 0 Å². The van der Waals surface area contributed by atoms with E-state index >= 15 is 0 Å². The molecule has 138 valence electrons. The molecule has 0 aliphatic heterocycles. The molecule has 8 heteroatoms. The third-order valence-corrected chi connectivity index (χ3v) is 6.65. The molecule has 2 aromatic heterocycles. The van der Waals surface area contributed by atoms with Crippen molar-refractivity contribution in [3.8, 4) is 5.69 Å². The van der Waals surface area contributed by atoms with Crippen LogP contribution in [0.3, 0.4) is 0 Å². The van der Waals surface area contributed by atoms with E-state index in [1.54, 1.807) is 36.5 Å². The molecule has 0 spiro atoms. The van der Waals surface area contributed by atoms with Gasteiger partial charge >= 0.3 is 0 Å². The van der Waals surface area contributed by atoms with Gasteiger partial charge in [-0.3, -0.25) is 4.68 Å². The first kappa shape index (κ1) is 18.3. The summed E-state index contributed by atoms with van der Waals surface area (Å²) in [6, 6.07) is 9.84. The summed E-state index contributed by atoms with van der Waals surface area (Å²) in [4.78, 5) is 0.301. The van der Waals surface area contributed by atoms with Gasteiger partial charge < -0.3 is 0 Å².